The third kappa shape index (κ3) is 5.22. The van der Waals surface area contributed by atoms with E-state index in [9.17, 15) is 0 Å². The molecule has 0 bridgehead atoms. The molecule has 11 aromatic rings. The molecule has 0 saturated heterocycles. The highest BCUT2D eigenvalue weighted by Gasteiger charge is 2.41. The predicted molar refractivity (Wildman–Crippen MR) is 242 cm³/mol. The lowest BCUT2D eigenvalue weighted by Gasteiger charge is -2.34. The molecule has 8 aromatic carbocycles. The number of para-hydroxylation sites is 3. The number of nitrogens with zero attached hydrogens (tertiary/aromatic N) is 3. The highest BCUT2D eigenvalue weighted by Crippen LogP contribution is 2.36. The summed E-state index contributed by atoms with van der Waals surface area (Å²) in [6.45, 7) is 0. The van der Waals surface area contributed by atoms with E-state index in [2.05, 4.69) is 226 Å². The Kier molecular flexibility index (Phi) is 7.83. The molecule has 4 heteroatoms. The van der Waals surface area contributed by atoms with Gasteiger partial charge in [0.05, 0.1) is 22.1 Å². The van der Waals surface area contributed by atoms with Gasteiger partial charge in [0.15, 0.2) is 8.07 Å². The van der Waals surface area contributed by atoms with Gasteiger partial charge in [0.2, 0.25) is 0 Å². The standard InChI is InChI=1S/C53H37N3Si/c1-3-13-42(14-4-1)57(43-15-5-2-6-16-43,44-28-23-38(24-29-44)39-33-35-54-36-34-39)45-30-25-40(26-31-45)55-52-22-12-9-19-48(52)49-37-41(27-32-53(49)55)56-50-20-10-7-17-46(50)47-18-8-11-21-51(47)56/h1-37H. The summed E-state index contributed by atoms with van der Waals surface area (Å²) >= 11 is 0. The maximum atomic E-state index is 4.24. The summed E-state index contributed by atoms with van der Waals surface area (Å²) in [7, 11) is -2.75. The van der Waals surface area contributed by atoms with Gasteiger partial charge in [-0.3, -0.25) is 4.98 Å². The molecule has 0 aliphatic rings. The molecule has 3 nitrogen and oxygen atoms in total. The topological polar surface area (TPSA) is 22.8 Å². The molecule has 0 atom stereocenters. The number of hydrogen-bond donors (Lipinski definition) is 0. The maximum absolute atomic E-state index is 4.24. The van der Waals surface area contributed by atoms with Gasteiger partial charge in [-0.2, -0.15) is 0 Å². The summed E-state index contributed by atoms with van der Waals surface area (Å²) < 4.78 is 4.84. The minimum atomic E-state index is -2.75. The van der Waals surface area contributed by atoms with E-state index in [1.165, 1.54) is 75.5 Å². The fourth-order valence-electron chi connectivity index (χ4n) is 9.27. The fourth-order valence-corrected chi connectivity index (χ4v) is 14.0. The lowest BCUT2D eigenvalue weighted by Crippen LogP contribution is -2.74. The molecular formula is C53H37N3Si. The third-order valence-electron chi connectivity index (χ3n) is 11.8. The second-order valence-electron chi connectivity index (χ2n) is 14.8. The SMILES string of the molecule is c1ccc([Si](c2ccccc2)(c2ccc(-c3ccncc3)cc2)c2ccc(-n3c4ccccc4c4cc(-n5c6ccccc6c6ccccc65)ccc43)cc2)cc1. The Morgan fingerprint density at radius 1 is 0.298 bits per heavy atom. The Bertz CT molecular complexity index is 3110. The molecule has 268 valence electrons. The van der Waals surface area contributed by atoms with E-state index in [4.69, 9.17) is 0 Å². The van der Waals surface area contributed by atoms with E-state index in [1.807, 2.05) is 12.4 Å². The molecule has 0 amide bonds. The summed E-state index contributed by atoms with van der Waals surface area (Å²) in [4.78, 5) is 4.24. The molecule has 3 aromatic heterocycles. The van der Waals surface area contributed by atoms with Crippen molar-refractivity contribution in [3.8, 4) is 22.5 Å². The van der Waals surface area contributed by atoms with Gasteiger partial charge in [-0.1, -0.05) is 152 Å². The molecule has 0 aliphatic heterocycles. The number of aromatic nitrogens is 3. The molecule has 3 heterocycles. The van der Waals surface area contributed by atoms with E-state index in [-0.39, 0.29) is 0 Å². The number of rotatable bonds is 7. The Labute approximate surface area is 332 Å². The molecule has 0 unspecified atom stereocenters. The van der Waals surface area contributed by atoms with E-state index in [1.54, 1.807) is 0 Å². The minimum Gasteiger partial charge on any atom is -0.309 e. The van der Waals surface area contributed by atoms with Gasteiger partial charge < -0.3 is 9.13 Å². The quantitative estimate of drug-likeness (QED) is 0.118. The number of benzene rings is 8. The number of hydrogen-bond acceptors (Lipinski definition) is 1. The molecule has 0 N–H and O–H groups in total. The first kappa shape index (κ1) is 33.1. The Balaban J connectivity index is 1.09. The third-order valence-corrected chi connectivity index (χ3v) is 16.6. The zero-order valence-electron chi connectivity index (χ0n) is 31.2. The van der Waals surface area contributed by atoms with Gasteiger partial charge >= 0.3 is 0 Å². The first-order chi connectivity index (χ1) is 28.3. The average Bonchev–Trinajstić information content (AvgIpc) is 3.81. The van der Waals surface area contributed by atoms with Gasteiger partial charge in [-0.25, -0.2) is 0 Å². The van der Waals surface area contributed by atoms with Gasteiger partial charge in [-0.05, 0) is 92.5 Å². The van der Waals surface area contributed by atoms with Crippen molar-refractivity contribution in [1.29, 1.82) is 0 Å². The Hall–Kier alpha value is -7.27. The maximum Gasteiger partial charge on any atom is 0.179 e. The first-order valence-corrected chi connectivity index (χ1v) is 21.5. The molecule has 11 rings (SSSR count). The van der Waals surface area contributed by atoms with Gasteiger partial charge in [0.25, 0.3) is 0 Å². The molecule has 0 spiro atoms. The second kappa shape index (κ2) is 13.5. The highest BCUT2D eigenvalue weighted by molar-refractivity contribution is 7.19. The summed E-state index contributed by atoms with van der Waals surface area (Å²) in [5, 5.41) is 10.4. The van der Waals surface area contributed by atoms with Crippen molar-refractivity contribution < 1.29 is 0 Å². The lowest BCUT2D eigenvalue weighted by atomic mass is 10.1. The van der Waals surface area contributed by atoms with Crippen LogP contribution in [-0.4, -0.2) is 22.2 Å². The van der Waals surface area contributed by atoms with E-state index < -0.39 is 8.07 Å². The van der Waals surface area contributed by atoms with Crippen LogP contribution < -0.4 is 20.7 Å². The molecule has 57 heavy (non-hydrogen) atoms. The van der Waals surface area contributed by atoms with E-state index in [0.717, 1.165) is 11.4 Å². The zero-order valence-corrected chi connectivity index (χ0v) is 32.2. The fraction of sp³-hybridized carbons (Fsp3) is 0. The molecule has 0 saturated carbocycles. The Morgan fingerprint density at radius 2 is 0.684 bits per heavy atom. The van der Waals surface area contributed by atoms with Crippen LogP contribution in [0.2, 0.25) is 0 Å². The van der Waals surface area contributed by atoms with E-state index in [0.29, 0.717) is 0 Å². The van der Waals surface area contributed by atoms with Crippen LogP contribution in [0.25, 0.3) is 66.1 Å². The van der Waals surface area contributed by atoms with E-state index >= 15 is 0 Å². The average molecular weight is 744 g/mol. The van der Waals surface area contributed by atoms with Crippen LogP contribution in [0.15, 0.2) is 225 Å². The smallest absolute Gasteiger partial charge is 0.179 e. The van der Waals surface area contributed by atoms with Crippen LogP contribution >= 0.6 is 0 Å². The van der Waals surface area contributed by atoms with Crippen LogP contribution in [0.4, 0.5) is 0 Å². The summed E-state index contributed by atoms with van der Waals surface area (Å²) in [6, 6.07) is 78.4. The van der Waals surface area contributed by atoms with Crippen LogP contribution in [0, 0.1) is 0 Å². The van der Waals surface area contributed by atoms with Crippen molar-refractivity contribution in [3.63, 3.8) is 0 Å². The normalized spacial score (nSPS) is 11.9. The zero-order chi connectivity index (χ0) is 37.8. The predicted octanol–water partition coefficient (Wildman–Crippen LogP) is 10.3. The number of fused-ring (bicyclic) bond motifs is 6. The van der Waals surface area contributed by atoms with Crippen LogP contribution in [0.1, 0.15) is 0 Å². The van der Waals surface area contributed by atoms with Gasteiger partial charge in [-0.15, -0.1) is 0 Å². The van der Waals surface area contributed by atoms with Crippen molar-refractivity contribution in [1.82, 2.24) is 14.1 Å². The molecule has 0 fully saturated rings. The second-order valence-corrected chi connectivity index (χ2v) is 18.6. The molecule has 0 radical (unpaired) electrons. The van der Waals surface area contributed by atoms with Crippen LogP contribution in [-0.2, 0) is 0 Å². The van der Waals surface area contributed by atoms with Gasteiger partial charge in [0.1, 0.15) is 0 Å². The van der Waals surface area contributed by atoms with Crippen LogP contribution in [0.3, 0.4) is 0 Å². The summed E-state index contributed by atoms with van der Waals surface area (Å²) in [6.07, 6.45) is 3.72. The lowest BCUT2D eigenvalue weighted by molar-refractivity contribution is 1.17. The molecule has 0 aliphatic carbocycles. The minimum absolute atomic E-state index is 1.15. The van der Waals surface area contributed by atoms with Crippen molar-refractivity contribution in [3.05, 3.63) is 225 Å². The van der Waals surface area contributed by atoms with Crippen molar-refractivity contribution in [2.45, 2.75) is 0 Å². The van der Waals surface area contributed by atoms with Crippen molar-refractivity contribution >= 4 is 72.4 Å². The molecular weight excluding hydrogens is 707 g/mol. The highest BCUT2D eigenvalue weighted by atomic mass is 28.3. The number of pyridine rings is 1. The van der Waals surface area contributed by atoms with Crippen LogP contribution in [0.5, 0.6) is 0 Å². The van der Waals surface area contributed by atoms with Crippen molar-refractivity contribution in [2.24, 2.45) is 0 Å². The van der Waals surface area contributed by atoms with Crippen molar-refractivity contribution in [2.75, 3.05) is 0 Å². The Morgan fingerprint density at radius 3 is 1.23 bits per heavy atom. The monoisotopic (exact) mass is 743 g/mol. The largest absolute Gasteiger partial charge is 0.309 e. The summed E-state index contributed by atoms with van der Waals surface area (Å²) in [5.41, 5.74) is 9.48. The summed E-state index contributed by atoms with van der Waals surface area (Å²) in [5.74, 6) is 0. The first-order valence-electron chi connectivity index (χ1n) is 19.5. The van der Waals surface area contributed by atoms with Gasteiger partial charge in [0, 0.05) is 45.3 Å².